The second-order valence-electron chi connectivity index (χ2n) is 21.9. The van der Waals surface area contributed by atoms with Crippen molar-refractivity contribution in [3.63, 3.8) is 0 Å². The van der Waals surface area contributed by atoms with Crippen LogP contribution in [0.1, 0.15) is 119 Å². The summed E-state index contributed by atoms with van der Waals surface area (Å²) in [7, 11) is -4.74. The van der Waals surface area contributed by atoms with E-state index < -0.39 is 42.9 Å². The predicted molar refractivity (Wildman–Crippen MR) is 274 cm³/mol. The minimum atomic E-state index is -4.74. The van der Waals surface area contributed by atoms with Gasteiger partial charge in [-0.1, -0.05) is 52.0 Å². The van der Waals surface area contributed by atoms with Crippen LogP contribution in [0.15, 0.2) is 78.0 Å². The Morgan fingerprint density at radius 2 is 1.74 bits per heavy atom. The first-order valence-corrected chi connectivity index (χ1v) is 27.1. The Bertz CT molecular complexity index is 3050. The molecule has 10 rings (SSSR count). The van der Waals surface area contributed by atoms with Crippen LogP contribution in [0, 0.1) is 33.2 Å². The maximum Gasteiger partial charge on any atom is 0.297 e. The van der Waals surface area contributed by atoms with Gasteiger partial charge in [-0.2, -0.15) is 0 Å². The van der Waals surface area contributed by atoms with Crippen molar-refractivity contribution < 1.29 is 41.9 Å². The molecule has 5 aliphatic rings. The summed E-state index contributed by atoms with van der Waals surface area (Å²) in [6, 6.07) is 17.2. The molecule has 5 heterocycles. The lowest BCUT2D eigenvalue weighted by molar-refractivity contribution is -0.384. The molecule has 73 heavy (non-hydrogen) atoms. The van der Waals surface area contributed by atoms with E-state index in [9.17, 15) is 37.6 Å². The molecular weight excluding hydrogens is 956 g/mol. The number of nitrogens with one attached hydrogen (secondary N) is 3. The first-order chi connectivity index (χ1) is 34.8. The maximum absolute atomic E-state index is 14.7. The minimum absolute atomic E-state index is 0.00618. The van der Waals surface area contributed by atoms with E-state index in [1.54, 1.807) is 19.1 Å². The van der Waals surface area contributed by atoms with Gasteiger partial charge in [0, 0.05) is 74.8 Å². The Hall–Kier alpha value is -6.31. The number of nitrogens with zero attached hydrogens (tertiary/aromatic N) is 5. The Kier molecular flexibility index (Phi) is 13.4. The summed E-state index contributed by atoms with van der Waals surface area (Å²) in [6.07, 6.45) is 9.05. The van der Waals surface area contributed by atoms with E-state index in [4.69, 9.17) is 9.47 Å². The molecule has 19 heteroatoms. The predicted octanol–water partition coefficient (Wildman–Crippen LogP) is 9.05. The van der Waals surface area contributed by atoms with Crippen LogP contribution in [0.25, 0.3) is 11.0 Å². The molecule has 4 fully saturated rings. The van der Waals surface area contributed by atoms with Crippen molar-refractivity contribution in [2.45, 2.75) is 121 Å². The highest BCUT2D eigenvalue weighted by Crippen LogP contribution is 2.54. The van der Waals surface area contributed by atoms with Gasteiger partial charge in [0.25, 0.3) is 21.6 Å². The van der Waals surface area contributed by atoms with Crippen molar-refractivity contribution >= 4 is 49.9 Å². The van der Waals surface area contributed by atoms with E-state index in [-0.39, 0.29) is 75.7 Å². The molecule has 2 aliphatic carbocycles. The SMILES string of the molecule is CC(C)C(=O)N1CCN(C2CC3(CCN(c4ccc(C(=O)NS(=O)(=O)c5cc6c(c([N+](=O)[O-])c5)N[C@@H]([C@H]5CC[C@](C)(O)CC5)CO6)c(Oc5cnc6[nH]cc(F)c6c5)c4)CC3)C2)[C@H](c2ccccc2C(C)C)C1. The number of aromatic nitrogens is 2. The third-order valence-corrected chi connectivity index (χ3v) is 17.6. The summed E-state index contributed by atoms with van der Waals surface area (Å²) in [5.41, 5.74) is 2.39. The molecule has 17 nitrogen and oxygen atoms in total. The topological polar surface area (TPSA) is 213 Å². The van der Waals surface area contributed by atoms with Gasteiger partial charge in [0.15, 0.2) is 11.4 Å². The Labute approximate surface area is 425 Å². The average Bonchev–Trinajstić information content (AvgIpc) is 3.73. The number of benzene rings is 3. The van der Waals surface area contributed by atoms with Gasteiger partial charge in [0.05, 0.1) is 44.7 Å². The second-order valence-corrected chi connectivity index (χ2v) is 23.6. The van der Waals surface area contributed by atoms with Gasteiger partial charge >= 0.3 is 0 Å². The Balaban J connectivity index is 0.863. The number of sulfonamides is 1. The number of rotatable bonds is 12. The van der Waals surface area contributed by atoms with E-state index in [1.807, 2.05) is 18.7 Å². The van der Waals surface area contributed by atoms with Crippen molar-refractivity contribution in [3.8, 4) is 17.2 Å². The van der Waals surface area contributed by atoms with E-state index in [0.717, 1.165) is 63.1 Å². The summed E-state index contributed by atoms with van der Waals surface area (Å²) < 4.78 is 57.1. The molecule has 3 aromatic carbocycles. The summed E-state index contributed by atoms with van der Waals surface area (Å²) in [6.45, 7) is 13.9. The number of nitro benzene ring substituents is 1. The lowest BCUT2D eigenvalue weighted by Crippen LogP contribution is -2.60. The van der Waals surface area contributed by atoms with E-state index >= 15 is 0 Å². The first kappa shape index (κ1) is 50.2. The molecule has 5 aromatic rings. The third-order valence-electron chi connectivity index (χ3n) is 16.3. The van der Waals surface area contributed by atoms with Crippen molar-refractivity contribution in [2.24, 2.45) is 17.3 Å². The van der Waals surface area contributed by atoms with Crippen molar-refractivity contribution in [1.82, 2.24) is 24.5 Å². The highest BCUT2D eigenvalue weighted by atomic mass is 32.2. The number of aromatic amines is 1. The van der Waals surface area contributed by atoms with Crippen LogP contribution < -0.4 is 24.4 Å². The van der Waals surface area contributed by atoms with E-state index in [1.165, 1.54) is 35.7 Å². The number of anilines is 2. The van der Waals surface area contributed by atoms with Gasteiger partial charge in [-0.3, -0.25) is 24.6 Å². The first-order valence-electron chi connectivity index (χ1n) is 25.6. The molecule has 1 spiro atoms. The van der Waals surface area contributed by atoms with Gasteiger partial charge in [0.1, 0.15) is 29.6 Å². The number of fused-ring (bicyclic) bond motifs is 2. The van der Waals surface area contributed by atoms with E-state index in [0.29, 0.717) is 56.4 Å². The molecule has 0 bridgehead atoms. The number of H-pyrrole nitrogens is 1. The van der Waals surface area contributed by atoms with Gasteiger partial charge in [-0.15, -0.1) is 0 Å². The Morgan fingerprint density at radius 1 is 1.00 bits per heavy atom. The minimum Gasteiger partial charge on any atom is -0.489 e. The van der Waals surface area contributed by atoms with Crippen LogP contribution in [-0.4, -0.2) is 107 Å². The number of pyridine rings is 1. The van der Waals surface area contributed by atoms with Crippen LogP contribution in [0.3, 0.4) is 0 Å². The number of hydrogen-bond acceptors (Lipinski definition) is 13. The quantitative estimate of drug-likeness (QED) is 0.0679. The number of piperidine rings is 1. The molecular formula is C54H65FN8O9S. The van der Waals surface area contributed by atoms with Crippen LogP contribution >= 0.6 is 0 Å². The largest absolute Gasteiger partial charge is 0.489 e. The van der Waals surface area contributed by atoms with E-state index in [2.05, 4.69) is 67.9 Å². The second kappa shape index (κ2) is 19.5. The fourth-order valence-corrected chi connectivity index (χ4v) is 13.0. The van der Waals surface area contributed by atoms with Gasteiger partial charge in [-0.05, 0) is 105 Å². The number of ether oxygens (including phenoxy) is 2. The van der Waals surface area contributed by atoms with Crippen LogP contribution in [0.5, 0.6) is 17.2 Å². The van der Waals surface area contributed by atoms with Crippen LogP contribution in [0.2, 0.25) is 0 Å². The zero-order valence-electron chi connectivity index (χ0n) is 42.0. The summed E-state index contributed by atoms with van der Waals surface area (Å²) in [5.74, 6) is -1.00. The van der Waals surface area contributed by atoms with Gasteiger partial charge in [0.2, 0.25) is 5.91 Å². The molecule has 388 valence electrons. The molecule has 2 saturated heterocycles. The molecule has 3 aliphatic heterocycles. The van der Waals surface area contributed by atoms with Crippen molar-refractivity contribution in [3.05, 3.63) is 106 Å². The standard InChI is InChI=1S/C54H65FN8O9S/c1-32(2)39-8-6-7-9-40(39)46-30-61(52(65)33(3)4)20-21-62(46)36-26-54(27-36)16-18-60(19-17-54)35-10-11-41(47(22-35)72-37-23-42-43(55)29-57-50(42)56-28-37)51(64)59-73(69,70)38-24-45(63(67)68)49-48(25-38)71-31-44(58-49)34-12-14-53(5,66)15-13-34/h6-11,22-25,28-29,32-34,36,44,46,58,66H,12-21,26-27,30-31H2,1-5H3,(H,56,57)(H,59,64)/t34-,44-,46+,53-/m1/s1. The number of halogens is 1. The zero-order valence-corrected chi connectivity index (χ0v) is 42.8. The van der Waals surface area contributed by atoms with Gasteiger partial charge in [-0.25, -0.2) is 22.5 Å². The third kappa shape index (κ3) is 10.1. The lowest BCUT2D eigenvalue weighted by Gasteiger charge is -2.58. The number of hydrogen-bond donors (Lipinski definition) is 4. The summed E-state index contributed by atoms with van der Waals surface area (Å²) in [5, 5.41) is 26.3. The number of carbonyl (C=O) groups is 2. The molecule has 2 amide bonds. The maximum atomic E-state index is 14.7. The smallest absolute Gasteiger partial charge is 0.297 e. The fourth-order valence-electron chi connectivity index (χ4n) is 12.0. The Morgan fingerprint density at radius 3 is 2.45 bits per heavy atom. The van der Waals surface area contributed by atoms with Gasteiger partial charge < -0.3 is 34.7 Å². The number of amides is 2. The number of aliphatic hydroxyl groups is 1. The molecule has 2 atom stereocenters. The number of piperazine rings is 1. The molecule has 0 unspecified atom stereocenters. The molecule has 2 saturated carbocycles. The van der Waals surface area contributed by atoms with Crippen molar-refractivity contribution in [1.29, 1.82) is 0 Å². The zero-order chi connectivity index (χ0) is 51.6. The monoisotopic (exact) mass is 1020 g/mol. The number of nitro groups is 1. The van der Waals surface area contributed by atoms with Crippen LogP contribution in [0.4, 0.5) is 21.5 Å². The molecule has 2 aromatic heterocycles. The summed E-state index contributed by atoms with van der Waals surface area (Å²) in [4.78, 5) is 52.6. The summed E-state index contributed by atoms with van der Waals surface area (Å²) >= 11 is 0. The van der Waals surface area contributed by atoms with Crippen molar-refractivity contribution in [2.75, 3.05) is 49.5 Å². The average molecular weight is 1020 g/mol. The van der Waals surface area contributed by atoms with Crippen LogP contribution in [-0.2, 0) is 14.8 Å². The number of carbonyl (C=O) groups excluding carboxylic acids is 2. The normalized spacial score (nSPS) is 23.4. The fraction of sp³-hybridized carbons (Fsp3) is 0.500. The molecule has 4 N–H and O–H groups in total. The lowest BCUT2D eigenvalue weighted by atomic mass is 9.59. The highest BCUT2D eigenvalue weighted by molar-refractivity contribution is 7.90. The highest BCUT2D eigenvalue weighted by Gasteiger charge is 2.50. The molecule has 0 radical (unpaired) electrons.